The number of nitrogens with zero attached hydrogens (tertiary/aromatic N) is 1. The van der Waals surface area contributed by atoms with E-state index < -0.39 is 12.7 Å². The molecule has 3 nitrogen and oxygen atoms in total. The lowest BCUT2D eigenvalue weighted by Gasteiger charge is -2.25. The van der Waals surface area contributed by atoms with E-state index in [1.54, 1.807) is 19.2 Å². The van der Waals surface area contributed by atoms with E-state index in [9.17, 15) is 13.2 Å². The van der Waals surface area contributed by atoms with Gasteiger partial charge in [-0.05, 0) is 31.2 Å². The third-order valence-corrected chi connectivity index (χ3v) is 3.43. The highest BCUT2D eigenvalue weighted by molar-refractivity contribution is 6.30. The molecule has 0 aromatic heterocycles. The Labute approximate surface area is 127 Å². The molecule has 1 aromatic carbocycles. The normalized spacial score (nSPS) is 13.7. The largest absolute Gasteiger partial charge is 0.401 e. The zero-order chi connectivity index (χ0) is 15.9. The second kappa shape index (κ2) is 8.58. The van der Waals surface area contributed by atoms with E-state index in [4.69, 9.17) is 16.7 Å². The van der Waals surface area contributed by atoms with Crippen LogP contribution in [0.3, 0.4) is 0 Å². The standard InChI is InChI=1S/C14H20ClF3N2O/c1-19-13(11-2-4-12(15)5-3-11)6-7-20(8-9-21)10-14(16,17)18/h2-5,13,19,21H,6-10H2,1H3. The van der Waals surface area contributed by atoms with Crippen LogP contribution in [0.2, 0.25) is 5.02 Å². The summed E-state index contributed by atoms with van der Waals surface area (Å²) >= 11 is 5.82. The van der Waals surface area contributed by atoms with E-state index in [1.807, 2.05) is 12.1 Å². The van der Waals surface area contributed by atoms with Gasteiger partial charge in [-0.2, -0.15) is 13.2 Å². The van der Waals surface area contributed by atoms with E-state index in [0.29, 0.717) is 11.4 Å². The highest BCUT2D eigenvalue weighted by atomic mass is 35.5. The average Bonchev–Trinajstić information content (AvgIpc) is 2.39. The molecule has 0 spiro atoms. The van der Waals surface area contributed by atoms with Gasteiger partial charge in [0.1, 0.15) is 0 Å². The SMILES string of the molecule is CNC(CCN(CCO)CC(F)(F)F)c1ccc(Cl)cc1. The van der Waals surface area contributed by atoms with Crippen molar-refractivity contribution in [1.29, 1.82) is 0 Å². The van der Waals surface area contributed by atoms with Gasteiger partial charge in [-0.15, -0.1) is 0 Å². The Balaban J connectivity index is 2.61. The lowest BCUT2D eigenvalue weighted by molar-refractivity contribution is -0.147. The lowest BCUT2D eigenvalue weighted by Crippen LogP contribution is -2.38. The van der Waals surface area contributed by atoms with Crippen molar-refractivity contribution < 1.29 is 18.3 Å². The predicted octanol–water partition coefficient (Wildman–Crippen LogP) is 2.85. The number of hydrogen-bond donors (Lipinski definition) is 2. The van der Waals surface area contributed by atoms with Crippen molar-refractivity contribution in [1.82, 2.24) is 10.2 Å². The Bertz CT molecular complexity index is 412. The minimum absolute atomic E-state index is 0.0105. The molecule has 1 rings (SSSR count). The molecule has 0 bridgehead atoms. The number of nitrogens with one attached hydrogen (secondary N) is 1. The summed E-state index contributed by atoms with van der Waals surface area (Å²) in [6.07, 6.45) is -3.75. The van der Waals surface area contributed by atoms with Gasteiger partial charge in [0.25, 0.3) is 0 Å². The Kier molecular flexibility index (Phi) is 7.45. The average molecular weight is 325 g/mol. The molecule has 0 heterocycles. The molecular formula is C14H20ClF3N2O. The third-order valence-electron chi connectivity index (χ3n) is 3.17. The maximum atomic E-state index is 12.4. The quantitative estimate of drug-likeness (QED) is 0.772. The van der Waals surface area contributed by atoms with Crippen molar-refractivity contribution >= 4 is 11.6 Å². The number of halogens is 4. The van der Waals surface area contributed by atoms with Crippen LogP contribution in [-0.4, -0.2) is 49.5 Å². The van der Waals surface area contributed by atoms with Crippen LogP contribution in [0.15, 0.2) is 24.3 Å². The summed E-state index contributed by atoms with van der Waals surface area (Å²) in [5.74, 6) is 0. The first kappa shape index (κ1) is 18.2. The topological polar surface area (TPSA) is 35.5 Å². The molecule has 1 atom stereocenters. The fourth-order valence-electron chi connectivity index (χ4n) is 2.15. The number of benzene rings is 1. The fraction of sp³-hybridized carbons (Fsp3) is 0.571. The molecule has 120 valence electrons. The first-order chi connectivity index (χ1) is 9.85. The molecule has 7 heteroatoms. The number of rotatable bonds is 8. The molecule has 0 fully saturated rings. The van der Waals surface area contributed by atoms with Crippen LogP contribution >= 0.6 is 11.6 Å². The number of aliphatic hydroxyl groups excluding tert-OH is 1. The van der Waals surface area contributed by atoms with Crippen molar-refractivity contribution in [2.75, 3.05) is 33.3 Å². The Morgan fingerprint density at radius 2 is 1.86 bits per heavy atom. The summed E-state index contributed by atoms with van der Waals surface area (Å²) < 4.78 is 37.3. The van der Waals surface area contributed by atoms with Crippen molar-refractivity contribution in [3.05, 3.63) is 34.9 Å². The van der Waals surface area contributed by atoms with Crippen LogP contribution in [0.4, 0.5) is 13.2 Å². The Hall–Kier alpha value is -0.820. The van der Waals surface area contributed by atoms with Crippen LogP contribution in [0, 0.1) is 0 Å². The Morgan fingerprint density at radius 1 is 1.24 bits per heavy atom. The first-order valence-electron chi connectivity index (χ1n) is 6.68. The fourth-order valence-corrected chi connectivity index (χ4v) is 2.28. The van der Waals surface area contributed by atoms with Gasteiger partial charge >= 0.3 is 6.18 Å². The van der Waals surface area contributed by atoms with E-state index in [-0.39, 0.29) is 25.7 Å². The number of aliphatic hydroxyl groups is 1. The van der Waals surface area contributed by atoms with Gasteiger partial charge in [0, 0.05) is 24.2 Å². The molecule has 0 saturated heterocycles. The van der Waals surface area contributed by atoms with Crippen molar-refractivity contribution in [2.45, 2.75) is 18.6 Å². The van der Waals surface area contributed by atoms with Gasteiger partial charge in [0.2, 0.25) is 0 Å². The predicted molar refractivity (Wildman–Crippen MR) is 77.5 cm³/mol. The van der Waals surface area contributed by atoms with Crippen molar-refractivity contribution in [2.24, 2.45) is 0 Å². The maximum Gasteiger partial charge on any atom is 0.401 e. The first-order valence-corrected chi connectivity index (χ1v) is 7.06. The molecule has 0 saturated carbocycles. The van der Waals surface area contributed by atoms with E-state index in [1.165, 1.54) is 4.90 Å². The summed E-state index contributed by atoms with van der Waals surface area (Å²) in [6.45, 7) is -1.05. The molecule has 1 unspecified atom stereocenters. The second-order valence-electron chi connectivity index (χ2n) is 4.80. The van der Waals surface area contributed by atoms with Crippen LogP contribution in [0.25, 0.3) is 0 Å². The van der Waals surface area contributed by atoms with Crippen molar-refractivity contribution in [3.8, 4) is 0 Å². The number of alkyl halides is 3. The van der Waals surface area contributed by atoms with Crippen molar-refractivity contribution in [3.63, 3.8) is 0 Å². The molecule has 21 heavy (non-hydrogen) atoms. The number of hydrogen-bond acceptors (Lipinski definition) is 3. The van der Waals surface area contributed by atoms with Gasteiger partial charge in [-0.3, -0.25) is 4.90 Å². The van der Waals surface area contributed by atoms with Gasteiger partial charge in [0.15, 0.2) is 0 Å². The minimum Gasteiger partial charge on any atom is -0.395 e. The molecule has 2 N–H and O–H groups in total. The van der Waals surface area contributed by atoms with Crippen LogP contribution in [-0.2, 0) is 0 Å². The molecule has 0 aliphatic rings. The van der Waals surface area contributed by atoms with Gasteiger partial charge < -0.3 is 10.4 Å². The van der Waals surface area contributed by atoms with Gasteiger partial charge in [0.05, 0.1) is 13.2 Å². The van der Waals surface area contributed by atoms with E-state index in [2.05, 4.69) is 5.32 Å². The zero-order valence-electron chi connectivity index (χ0n) is 11.8. The maximum absolute atomic E-state index is 12.4. The lowest BCUT2D eigenvalue weighted by atomic mass is 10.0. The van der Waals surface area contributed by atoms with E-state index >= 15 is 0 Å². The summed E-state index contributed by atoms with van der Waals surface area (Å²) in [4.78, 5) is 1.21. The smallest absolute Gasteiger partial charge is 0.395 e. The van der Waals surface area contributed by atoms with Gasteiger partial charge in [-0.25, -0.2) is 0 Å². The highest BCUT2D eigenvalue weighted by Crippen LogP contribution is 2.21. The summed E-state index contributed by atoms with van der Waals surface area (Å²) in [6, 6.07) is 7.15. The summed E-state index contributed by atoms with van der Waals surface area (Å²) in [5.41, 5.74) is 0.970. The molecular weight excluding hydrogens is 305 g/mol. The molecule has 0 aliphatic heterocycles. The van der Waals surface area contributed by atoms with Crippen LogP contribution in [0.5, 0.6) is 0 Å². The highest BCUT2D eigenvalue weighted by Gasteiger charge is 2.30. The zero-order valence-corrected chi connectivity index (χ0v) is 12.6. The van der Waals surface area contributed by atoms with Crippen LogP contribution in [0.1, 0.15) is 18.0 Å². The molecule has 0 amide bonds. The molecule has 0 radical (unpaired) electrons. The summed E-state index contributed by atoms with van der Waals surface area (Å²) in [7, 11) is 1.76. The van der Waals surface area contributed by atoms with Gasteiger partial charge in [-0.1, -0.05) is 23.7 Å². The summed E-state index contributed by atoms with van der Waals surface area (Å²) in [5, 5.41) is 12.6. The Morgan fingerprint density at radius 3 is 2.33 bits per heavy atom. The van der Waals surface area contributed by atoms with Crippen LogP contribution < -0.4 is 5.32 Å². The van der Waals surface area contributed by atoms with E-state index in [0.717, 1.165) is 5.56 Å². The third kappa shape index (κ3) is 7.13. The molecule has 1 aromatic rings. The second-order valence-corrected chi connectivity index (χ2v) is 5.23. The minimum atomic E-state index is -4.26. The molecule has 0 aliphatic carbocycles. The monoisotopic (exact) mass is 324 g/mol.